The van der Waals surface area contributed by atoms with Crippen LogP contribution < -0.4 is 5.32 Å². The second kappa shape index (κ2) is 8.08. The van der Waals surface area contributed by atoms with Gasteiger partial charge in [-0.2, -0.15) is 0 Å². The number of amides is 2. The first-order chi connectivity index (χ1) is 9.04. The highest BCUT2D eigenvalue weighted by Crippen LogP contribution is 2.10. The van der Waals surface area contributed by atoms with Crippen LogP contribution in [0.5, 0.6) is 0 Å². The highest BCUT2D eigenvalue weighted by molar-refractivity contribution is 6.35. The molecule has 7 nitrogen and oxygen atoms in total. The highest BCUT2D eigenvalue weighted by Gasteiger charge is 2.29. The van der Waals surface area contributed by atoms with E-state index < -0.39 is 11.8 Å². The maximum Gasteiger partial charge on any atom is 0.312 e. The molecular formula is C12H22N2O5. The van der Waals surface area contributed by atoms with Crippen molar-refractivity contribution < 1.29 is 24.2 Å². The van der Waals surface area contributed by atoms with Crippen molar-refractivity contribution in [2.24, 2.45) is 0 Å². The Morgan fingerprint density at radius 1 is 1.32 bits per heavy atom. The van der Waals surface area contributed by atoms with Crippen LogP contribution in [-0.2, 0) is 19.1 Å². The maximum absolute atomic E-state index is 11.9. The Bertz CT molecular complexity index is 300. The van der Waals surface area contributed by atoms with Crippen molar-refractivity contribution in [3.63, 3.8) is 0 Å². The minimum Gasteiger partial charge on any atom is -0.394 e. The van der Waals surface area contributed by atoms with E-state index in [0.717, 1.165) is 0 Å². The molecule has 1 saturated heterocycles. The zero-order chi connectivity index (χ0) is 14.3. The second-order valence-corrected chi connectivity index (χ2v) is 4.56. The molecule has 1 fully saturated rings. The van der Waals surface area contributed by atoms with Crippen molar-refractivity contribution in [3.05, 3.63) is 0 Å². The molecule has 2 unspecified atom stereocenters. The normalized spacial score (nSPS) is 23.2. The van der Waals surface area contributed by atoms with Crippen LogP contribution in [-0.4, -0.2) is 73.5 Å². The predicted molar refractivity (Wildman–Crippen MR) is 67.5 cm³/mol. The van der Waals surface area contributed by atoms with Crippen molar-refractivity contribution >= 4 is 11.8 Å². The van der Waals surface area contributed by atoms with Crippen molar-refractivity contribution in [1.29, 1.82) is 0 Å². The number of hydrogen-bond donors (Lipinski definition) is 2. The summed E-state index contributed by atoms with van der Waals surface area (Å²) < 4.78 is 10.5. The summed E-state index contributed by atoms with van der Waals surface area (Å²) in [5, 5.41) is 11.0. The summed E-state index contributed by atoms with van der Waals surface area (Å²) in [5.74, 6) is -1.17. The lowest BCUT2D eigenvalue weighted by Crippen LogP contribution is -2.52. The van der Waals surface area contributed by atoms with Gasteiger partial charge in [-0.15, -0.1) is 0 Å². The van der Waals surface area contributed by atoms with E-state index in [-0.39, 0.29) is 38.6 Å². The van der Waals surface area contributed by atoms with E-state index >= 15 is 0 Å². The molecule has 1 aliphatic heterocycles. The standard InChI is InChI=1S/C12H22N2O5/c1-9-7-14(8-10(2)19-9)12(17)11(16)13-3-5-18-6-4-15/h9-10,15H,3-8H2,1-2H3,(H,13,16). The molecule has 1 aliphatic rings. The summed E-state index contributed by atoms with van der Waals surface area (Å²) in [6.45, 7) is 5.29. The molecular weight excluding hydrogens is 252 g/mol. The van der Waals surface area contributed by atoms with E-state index in [1.807, 2.05) is 13.8 Å². The third-order valence-electron chi connectivity index (χ3n) is 2.67. The summed E-state index contributed by atoms with van der Waals surface area (Å²) in [6.07, 6.45) is -0.123. The van der Waals surface area contributed by atoms with Gasteiger partial charge in [0.1, 0.15) is 0 Å². The monoisotopic (exact) mass is 274 g/mol. The Labute approximate surface area is 112 Å². The molecule has 19 heavy (non-hydrogen) atoms. The lowest BCUT2D eigenvalue weighted by atomic mass is 10.2. The first-order valence-corrected chi connectivity index (χ1v) is 6.45. The lowest BCUT2D eigenvalue weighted by molar-refractivity contribution is -0.153. The molecule has 110 valence electrons. The Balaban J connectivity index is 2.29. The Morgan fingerprint density at radius 3 is 2.53 bits per heavy atom. The van der Waals surface area contributed by atoms with Gasteiger partial charge in [0.2, 0.25) is 0 Å². The molecule has 0 aromatic rings. The van der Waals surface area contributed by atoms with Crippen LogP contribution in [0.4, 0.5) is 0 Å². The SMILES string of the molecule is CC1CN(C(=O)C(=O)NCCOCCO)CC(C)O1. The van der Waals surface area contributed by atoms with Gasteiger partial charge < -0.3 is 24.8 Å². The van der Waals surface area contributed by atoms with Crippen LogP contribution in [0.15, 0.2) is 0 Å². The third kappa shape index (κ3) is 5.54. The lowest BCUT2D eigenvalue weighted by Gasteiger charge is -2.34. The smallest absolute Gasteiger partial charge is 0.312 e. The van der Waals surface area contributed by atoms with Gasteiger partial charge in [-0.25, -0.2) is 0 Å². The first-order valence-electron chi connectivity index (χ1n) is 6.45. The Morgan fingerprint density at radius 2 is 1.95 bits per heavy atom. The topological polar surface area (TPSA) is 88.1 Å². The fourth-order valence-corrected chi connectivity index (χ4v) is 1.97. The van der Waals surface area contributed by atoms with E-state index in [1.165, 1.54) is 4.90 Å². The van der Waals surface area contributed by atoms with E-state index in [1.54, 1.807) is 0 Å². The van der Waals surface area contributed by atoms with Crippen LogP contribution in [0.2, 0.25) is 0 Å². The number of aliphatic hydroxyl groups is 1. The van der Waals surface area contributed by atoms with Crippen LogP contribution in [0.3, 0.4) is 0 Å². The van der Waals surface area contributed by atoms with Gasteiger partial charge in [0.05, 0.1) is 32.0 Å². The Kier molecular flexibility index (Phi) is 6.75. The number of nitrogens with one attached hydrogen (secondary N) is 1. The molecule has 0 aliphatic carbocycles. The number of hydrogen-bond acceptors (Lipinski definition) is 5. The summed E-state index contributed by atoms with van der Waals surface area (Å²) in [5.41, 5.74) is 0. The van der Waals surface area contributed by atoms with Gasteiger partial charge in [0, 0.05) is 19.6 Å². The number of ether oxygens (including phenoxy) is 2. The molecule has 1 rings (SSSR count). The minimum atomic E-state index is -0.631. The van der Waals surface area contributed by atoms with Crippen molar-refractivity contribution in [2.45, 2.75) is 26.1 Å². The van der Waals surface area contributed by atoms with E-state index in [4.69, 9.17) is 14.6 Å². The summed E-state index contributed by atoms with van der Waals surface area (Å²) in [7, 11) is 0. The molecule has 2 atom stereocenters. The van der Waals surface area contributed by atoms with Crippen LogP contribution in [0, 0.1) is 0 Å². The number of rotatable bonds is 5. The average molecular weight is 274 g/mol. The zero-order valence-corrected chi connectivity index (χ0v) is 11.4. The minimum absolute atomic E-state index is 0.0591. The molecule has 2 N–H and O–H groups in total. The molecule has 0 aromatic heterocycles. The fraction of sp³-hybridized carbons (Fsp3) is 0.833. The third-order valence-corrected chi connectivity index (χ3v) is 2.67. The first kappa shape index (κ1) is 15.9. The van der Waals surface area contributed by atoms with Crippen molar-refractivity contribution in [3.8, 4) is 0 Å². The zero-order valence-electron chi connectivity index (χ0n) is 11.4. The van der Waals surface area contributed by atoms with E-state index in [0.29, 0.717) is 13.1 Å². The number of aliphatic hydroxyl groups excluding tert-OH is 1. The van der Waals surface area contributed by atoms with Gasteiger partial charge in [0.15, 0.2) is 0 Å². The molecule has 0 aromatic carbocycles. The van der Waals surface area contributed by atoms with Crippen molar-refractivity contribution in [1.82, 2.24) is 10.2 Å². The van der Waals surface area contributed by atoms with Gasteiger partial charge in [-0.1, -0.05) is 0 Å². The number of carbonyl (C=O) groups excluding carboxylic acids is 2. The van der Waals surface area contributed by atoms with Gasteiger partial charge in [-0.3, -0.25) is 9.59 Å². The molecule has 2 amide bonds. The fourth-order valence-electron chi connectivity index (χ4n) is 1.97. The molecule has 0 radical (unpaired) electrons. The molecule has 1 heterocycles. The average Bonchev–Trinajstić information content (AvgIpc) is 2.36. The maximum atomic E-state index is 11.9. The summed E-state index contributed by atoms with van der Waals surface area (Å²) >= 11 is 0. The largest absolute Gasteiger partial charge is 0.394 e. The summed E-state index contributed by atoms with van der Waals surface area (Å²) in [4.78, 5) is 25.0. The quantitative estimate of drug-likeness (QED) is 0.483. The van der Waals surface area contributed by atoms with Crippen LogP contribution >= 0.6 is 0 Å². The molecule has 0 spiro atoms. The number of morpholine rings is 1. The molecule has 0 bridgehead atoms. The predicted octanol–water partition coefficient (Wildman–Crippen LogP) is -1.25. The van der Waals surface area contributed by atoms with E-state index in [9.17, 15) is 9.59 Å². The van der Waals surface area contributed by atoms with Gasteiger partial charge in [-0.05, 0) is 13.8 Å². The molecule has 0 saturated carbocycles. The van der Waals surface area contributed by atoms with Gasteiger partial charge >= 0.3 is 11.8 Å². The highest BCUT2D eigenvalue weighted by atomic mass is 16.5. The van der Waals surface area contributed by atoms with Gasteiger partial charge in [0.25, 0.3) is 0 Å². The van der Waals surface area contributed by atoms with Crippen molar-refractivity contribution in [2.75, 3.05) is 39.5 Å². The number of nitrogens with zero attached hydrogens (tertiary/aromatic N) is 1. The van der Waals surface area contributed by atoms with Crippen LogP contribution in [0.1, 0.15) is 13.8 Å². The summed E-state index contributed by atoms with van der Waals surface area (Å²) in [6, 6.07) is 0. The Hall–Kier alpha value is -1.18. The van der Waals surface area contributed by atoms with Crippen LogP contribution in [0.25, 0.3) is 0 Å². The molecule has 7 heteroatoms. The second-order valence-electron chi connectivity index (χ2n) is 4.56. The number of carbonyl (C=O) groups is 2. The van der Waals surface area contributed by atoms with E-state index in [2.05, 4.69) is 5.32 Å².